The summed E-state index contributed by atoms with van der Waals surface area (Å²) >= 11 is -2.01. The summed E-state index contributed by atoms with van der Waals surface area (Å²) in [4.78, 5) is 4.72. The zero-order valence-corrected chi connectivity index (χ0v) is 20.7. The summed E-state index contributed by atoms with van der Waals surface area (Å²) in [6.45, 7) is 0. The normalized spacial score (nSPS) is 11.6. The molecule has 5 rings (SSSR count). The van der Waals surface area contributed by atoms with E-state index in [1.165, 1.54) is 15.5 Å². The van der Waals surface area contributed by atoms with Gasteiger partial charge in [0.2, 0.25) is 0 Å². The fourth-order valence-corrected chi connectivity index (χ4v) is 7.93. The summed E-state index contributed by atoms with van der Waals surface area (Å²) in [5.41, 5.74) is 5.17. The Hall–Kier alpha value is -3.42. The number of aromatic nitrogens is 1. The van der Waals surface area contributed by atoms with E-state index in [9.17, 15) is 5.26 Å². The van der Waals surface area contributed by atoms with E-state index in [1.54, 1.807) is 0 Å². The molecule has 0 bridgehead atoms. The van der Waals surface area contributed by atoms with Crippen LogP contribution in [0, 0.1) is 11.3 Å². The molecule has 0 aliphatic heterocycles. The second-order valence-electron chi connectivity index (χ2n) is 9.25. The molecular formula is C29H24GeN2. The van der Waals surface area contributed by atoms with Crippen molar-refractivity contribution in [1.82, 2.24) is 4.98 Å². The van der Waals surface area contributed by atoms with Gasteiger partial charge in [0.1, 0.15) is 0 Å². The van der Waals surface area contributed by atoms with Gasteiger partial charge in [-0.3, -0.25) is 0 Å². The summed E-state index contributed by atoms with van der Waals surface area (Å²) in [7, 11) is 0. The van der Waals surface area contributed by atoms with Crippen molar-refractivity contribution in [2.75, 3.05) is 0 Å². The fourth-order valence-electron chi connectivity index (χ4n) is 4.50. The molecule has 0 fully saturated rings. The van der Waals surface area contributed by atoms with E-state index in [0.717, 1.165) is 32.8 Å². The summed E-state index contributed by atoms with van der Waals surface area (Å²) in [5, 5.41) is 14.0. The van der Waals surface area contributed by atoms with Crippen LogP contribution >= 0.6 is 0 Å². The van der Waals surface area contributed by atoms with E-state index in [4.69, 9.17) is 4.98 Å². The van der Waals surface area contributed by atoms with Gasteiger partial charge in [-0.15, -0.1) is 0 Å². The first-order valence-electron chi connectivity index (χ1n) is 10.9. The SMILES string of the molecule is [CH3][Ge]([CH3])([CH3])[c]1ccccc1-c1ccc2c(-c3cc(C#N)c4ccccc4c3)nccc2c1. The van der Waals surface area contributed by atoms with Crippen LogP contribution in [0.1, 0.15) is 5.56 Å². The predicted octanol–water partition coefficient (Wildman–Crippen LogP) is 7.14. The number of hydrogen-bond donors (Lipinski definition) is 0. The number of nitriles is 1. The number of fused-ring (bicyclic) bond motifs is 2. The quantitative estimate of drug-likeness (QED) is 0.261. The average Bonchev–Trinajstić information content (AvgIpc) is 2.82. The zero-order valence-electron chi connectivity index (χ0n) is 18.6. The van der Waals surface area contributed by atoms with E-state index >= 15 is 0 Å². The van der Waals surface area contributed by atoms with Crippen molar-refractivity contribution in [3.8, 4) is 28.5 Å². The van der Waals surface area contributed by atoms with Gasteiger partial charge in [-0.2, -0.15) is 0 Å². The molecule has 0 N–H and O–H groups in total. The van der Waals surface area contributed by atoms with Crippen LogP contribution in [-0.2, 0) is 0 Å². The van der Waals surface area contributed by atoms with E-state index in [1.807, 2.05) is 30.5 Å². The Morgan fingerprint density at radius 3 is 2.25 bits per heavy atom. The van der Waals surface area contributed by atoms with Gasteiger partial charge in [0.25, 0.3) is 0 Å². The maximum atomic E-state index is 9.71. The third-order valence-electron chi connectivity index (χ3n) is 6.07. The zero-order chi connectivity index (χ0) is 22.3. The molecule has 0 spiro atoms. The first-order chi connectivity index (χ1) is 15.5. The van der Waals surface area contributed by atoms with Gasteiger partial charge >= 0.3 is 186 Å². The second kappa shape index (κ2) is 7.93. The topological polar surface area (TPSA) is 36.7 Å². The maximum absolute atomic E-state index is 9.71. The number of hydrogen-bond acceptors (Lipinski definition) is 2. The van der Waals surface area contributed by atoms with Crippen molar-refractivity contribution in [2.45, 2.75) is 17.3 Å². The van der Waals surface area contributed by atoms with Crippen molar-refractivity contribution in [3.63, 3.8) is 0 Å². The van der Waals surface area contributed by atoms with E-state index in [2.05, 4.69) is 84.0 Å². The molecule has 0 atom stereocenters. The standard InChI is InChI=1S/C29H24GeN2/c1-30(2,3)28-11-7-6-10-26(28)21-12-13-27-22(16-21)14-15-32-29(27)23-17-20-8-4-5-9-25(20)24(18-23)19-31/h4-18H,1-3H3. The van der Waals surface area contributed by atoms with Crippen LogP contribution < -0.4 is 4.40 Å². The molecule has 2 nitrogen and oxygen atoms in total. The summed E-state index contributed by atoms with van der Waals surface area (Å²) in [6, 6.07) is 32.1. The molecule has 0 aliphatic carbocycles. The van der Waals surface area contributed by atoms with Gasteiger partial charge in [0.15, 0.2) is 0 Å². The Balaban J connectivity index is 1.70. The van der Waals surface area contributed by atoms with Crippen LogP contribution in [0.2, 0.25) is 17.3 Å². The van der Waals surface area contributed by atoms with Gasteiger partial charge in [0, 0.05) is 0 Å². The number of pyridine rings is 1. The molecule has 0 saturated heterocycles. The average molecular weight is 473 g/mol. The summed E-state index contributed by atoms with van der Waals surface area (Å²) in [5.74, 6) is 7.32. The second-order valence-corrected chi connectivity index (χ2v) is 19.8. The number of benzene rings is 4. The number of rotatable bonds is 3. The van der Waals surface area contributed by atoms with Crippen molar-refractivity contribution < 1.29 is 0 Å². The number of nitrogens with zero attached hydrogens (tertiary/aromatic N) is 2. The van der Waals surface area contributed by atoms with Crippen molar-refractivity contribution in [2.24, 2.45) is 0 Å². The van der Waals surface area contributed by atoms with Gasteiger partial charge in [-0.05, 0) is 0 Å². The summed E-state index contributed by atoms with van der Waals surface area (Å²) in [6.07, 6.45) is 1.87. The van der Waals surface area contributed by atoms with Crippen molar-refractivity contribution >= 4 is 39.2 Å². The van der Waals surface area contributed by atoms with Gasteiger partial charge in [-0.1, -0.05) is 6.07 Å². The Morgan fingerprint density at radius 1 is 0.719 bits per heavy atom. The Labute approximate surface area is 191 Å². The van der Waals surface area contributed by atoms with Gasteiger partial charge in [-0.25, -0.2) is 0 Å². The van der Waals surface area contributed by atoms with Crippen LogP contribution in [0.15, 0.2) is 91.1 Å². The molecule has 0 amide bonds. The van der Waals surface area contributed by atoms with Crippen LogP contribution in [0.25, 0.3) is 43.9 Å². The fraction of sp³-hybridized carbons (Fsp3) is 0.103. The van der Waals surface area contributed by atoms with E-state index in [-0.39, 0.29) is 0 Å². The van der Waals surface area contributed by atoms with Crippen molar-refractivity contribution in [3.05, 3.63) is 96.7 Å². The molecule has 1 heterocycles. The molecule has 0 saturated carbocycles. The minimum atomic E-state index is -2.01. The molecule has 0 aliphatic rings. The third kappa shape index (κ3) is 3.59. The molecule has 0 unspecified atom stereocenters. The first kappa shape index (κ1) is 20.5. The Morgan fingerprint density at radius 2 is 1.44 bits per heavy atom. The molecule has 5 aromatic rings. The molecule has 3 heteroatoms. The predicted molar refractivity (Wildman–Crippen MR) is 138 cm³/mol. The van der Waals surface area contributed by atoms with Crippen LogP contribution in [0.3, 0.4) is 0 Å². The van der Waals surface area contributed by atoms with Crippen molar-refractivity contribution in [1.29, 1.82) is 5.26 Å². The molecule has 1 aromatic heterocycles. The Bertz CT molecular complexity index is 1520. The van der Waals surface area contributed by atoms with Crippen LogP contribution in [0.5, 0.6) is 0 Å². The van der Waals surface area contributed by atoms with E-state index < -0.39 is 13.3 Å². The molecule has 4 aromatic carbocycles. The van der Waals surface area contributed by atoms with Crippen LogP contribution in [-0.4, -0.2) is 18.3 Å². The monoisotopic (exact) mass is 474 g/mol. The Kier molecular flexibility index (Phi) is 5.07. The third-order valence-corrected chi connectivity index (χ3v) is 10.4. The molecule has 154 valence electrons. The molecular weight excluding hydrogens is 449 g/mol. The van der Waals surface area contributed by atoms with E-state index in [0.29, 0.717) is 5.56 Å². The molecule has 32 heavy (non-hydrogen) atoms. The first-order valence-corrected chi connectivity index (χ1v) is 18.2. The van der Waals surface area contributed by atoms with Gasteiger partial charge in [0.05, 0.1) is 0 Å². The summed E-state index contributed by atoms with van der Waals surface area (Å²) < 4.78 is 1.52. The molecule has 0 radical (unpaired) electrons. The van der Waals surface area contributed by atoms with Crippen LogP contribution in [0.4, 0.5) is 0 Å². The minimum absolute atomic E-state index is 0.680. The van der Waals surface area contributed by atoms with Gasteiger partial charge < -0.3 is 0 Å².